The Morgan fingerprint density at radius 3 is 2.57 bits per heavy atom. The number of hydrogen-bond acceptors (Lipinski definition) is 4. The lowest BCUT2D eigenvalue weighted by atomic mass is 10.0. The minimum absolute atomic E-state index is 0.248. The fraction of sp³-hybridized carbons (Fsp3) is 0.0909. The van der Waals surface area contributed by atoms with E-state index in [1.807, 2.05) is 30.3 Å². The molecule has 0 saturated heterocycles. The summed E-state index contributed by atoms with van der Waals surface area (Å²) in [6, 6.07) is 18.4. The third-order valence-electron chi connectivity index (χ3n) is 4.33. The van der Waals surface area contributed by atoms with E-state index >= 15 is 0 Å². The van der Waals surface area contributed by atoms with Crippen LogP contribution in [-0.4, -0.2) is 17.1 Å². The van der Waals surface area contributed by atoms with Gasteiger partial charge >= 0.3 is 5.97 Å². The predicted molar refractivity (Wildman–Crippen MR) is 109 cm³/mol. The quantitative estimate of drug-likeness (QED) is 0.457. The molecule has 4 rings (SSSR count). The van der Waals surface area contributed by atoms with Crippen molar-refractivity contribution < 1.29 is 13.9 Å². The molecule has 2 aromatic heterocycles. The van der Waals surface area contributed by atoms with Crippen LogP contribution in [0.4, 0.5) is 4.39 Å². The van der Waals surface area contributed by atoms with Crippen molar-refractivity contribution in [2.24, 2.45) is 0 Å². The van der Waals surface area contributed by atoms with E-state index in [-0.39, 0.29) is 12.2 Å². The zero-order chi connectivity index (χ0) is 19.7. The Kier molecular flexibility index (Phi) is 4.79. The molecular formula is C22H16FNO3S. The van der Waals surface area contributed by atoms with Crippen molar-refractivity contribution in [3.63, 3.8) is 0 Å². The summed E-state index contributed by atoms with van der Waals surface area (Å²) >= 11 is 1.17. The van der Waals surface area contributed by atoms with Crippen LogP contribution in [0.15, 0.2) is 71.5 Å². The smallest absolute Gasteiger partial charge is 0.349 e. The first-order valence-corrected chi connectivity index (χ1v) is 9.59. The highest BCUT2D eigenvalue weighted by atomic mass is 32.1. The standard InChI is InChI=1S/C22H16FNO3S/c1-2-27-22(26)20-19(14-7-4-3-5-8-14)17-11-12-18(25)24(21(17)28-20)16-10-6-9-15(23)13-16/h3-13H,2H2,1H3. The molecule has 0 amide bonds. The second kappa shape index (κ2) is 7.40. The summed E-state index contributed by atoms with van der Waals surface area (Å²) in [6.07, 6.45) is 0. The number of esters is 1. The van der Waals surface area contributed by atoms with E-state index in [1.165, 1.54) is 34.1 Å². The van der Waals surface area contributed by atoms with E-state index in [9.17, 15) is 14.0 Å². The molecule has 0 aliphatic heterocycles. The first-order valence-electron chi connectivity index (χ1n) is 8.77. The number of hydrogen-bond donors (Lipinski definition) is 0. The number of carbonyl (C=O) groups excluding carboxylic acids is 1. The van der Waals surface area contributed by atoms with Crippen LogP contribution in [0.2, 0.25) is 0 Å². The van der Waals surface area contributed by atoms with E-state index in [0.717, 1.165) is 10.9 Å². The number of nitrogens with zero attached hydrogens (tertiary/aromatic N) is 1. The number of ether oxygens (including phenoxy) is 1. The van der Waals surface area contributed by atoms with Crippen LogP contribution >= 0.6 is 11.3 Å². The Morgan fingerprint density at radius 2 is 1.86 bits per heavy atom. The highest BCUT2D eigenvalue weighted by molar-refractivity contribution is 7.21. The number of carbonyl (C=O) groups is 1. The van der Waals surface area contributed by atoms with Gasteiger partial charge < -0.3 is 4.74 Å². The summed E-state index contributed by atoms with van der Waals surface area (Å²) < 4.78 is 20.4. The van der Waals surface area contributed by atoms with Gasteiger partial charge in [-0.05, 0) is 36.8 Å². The van der Waals surface area contributed by atoms with Gasteiger partial charge in [-0.1, -0.05) is 36.4 Å². The van der Waals surface area contributed by atoms with E-state index in [0.29, 0.717) is 21.0 Å². The van der Waals surface area contributed by atoms with Crippen molar-refractivity contribution in [2.45, 2.75) is 6.92 Å². The molecule has 4 aromatic rings. The highest BCUT2D eigenvalue weighted by Crippen LogP contribution is 2.39. The molecule has 0 unspecified atom stereocenters. The van der Waals surface area contributed by atoms with Crippen molar-refractivity contribution in [2.75, 3.05) is 6.61 Å². The molecule has 6 heteroatoms. The topological polar surface area (TPSA) is 48.3 Å². The summed E-state index contributed by atoms with van der Waals surface area (Å²) in [5.74, 6) is -0.882. The minimum Gasteiger partial charge on any atom is -0.462 e. The Bertz CT molecular complexity index is 1230. The van der Waals surface area contributed by atoms with Gasteiger partial charge in [0.2, 0.25) is 0 Å². The normalized spacial score (nSPS) is 10.9. The van der Waals surface area contributed by atoms with E-state index < -0.39 is 11.8 Å². The van der Waals surface area contributed by atoms with Gasteiger partial charge in [0.05, 0.1) is 12.3 Å². The van der Waals surface area contributed by atoms with Gasteiger partial charge in [-0.2, -0.15) is 0 Å². The van der Waals surface area contributed by atoms with Crippen LogP contribution in [-0.2, 0) is 4.74 Å². The van der Waals surface area contributed by atoms with E-state index in [4.69, 9.17) is 4.74 Å². The monoisotopic (exact) mass is 393 g/mol. The fourth-order valence-corrected chi connectivity index (χ4v) is 4.41. The molecule has 2 aromatic carbocycles. The second-order valence-electron chi connectivity index (χ2n) is 6.10. The van der Waals surface area contributed by atoms with Gasteiger partial charge in [0.1, 0.15) is 15.5 Å². The maximum atomic E-state index is 13.8. The number of rotatable bonds is 4. The Morgan fingerprint density at radius 1 is 1.07 bits per heavy atom. The third kappa shape index (κ3) is 3.12. The first kappa shape index (κ1) is 18.1. The summed E-state index contributed by atoms with van der Waals surface area (Å²) in [6.45, 7) is 1.99. The molecule has 0 radical (unpaired) electrons. The Labute approximate surface area is 164 Å². The van der Waals surface area contributed by atoms with Crippen molar-refractivity contribution in [1.29, 1.82) is 0 Å². The molecular weight excluding hydrogens is 377 g/mol. The number of halogens is 1. The van der Waals surface area contributed by atoms with Crippen LogP contribution in [0.3, 0.4) is 0 Å². The lowest BCUT2D eigenvalue weighted by Gasteiger charge is -2.08. The summed E-state index contributed by atoms with van der Waals surface area (Å²) in [5.41, 5.74) is 1.67. The summed E-state index contributed by atoms with van der Waals surface area (Å²) in [5, 5.41) is 0.739. The maximum absolute atomic E-state index is 13.8. The number of thiophene rings is 1. The van der Waals surface area contributed by atoms with Gasteiger partial charge in [0.15, 0.2) is 0 Å². The number of fused-ring (bicyclic) bond motifs is 1. The number of benzene rings is 2. The molecule has 0 aliphatic carbocycles. The second-order valence-corrected chi connectivity index (χ2v) is 7.10. The summed E-state index contributed by atoms with van der Waals surface area (Å²) in [4.78, 5) is 26.2. The molecule has 0 spiro atoms. The summed E-state index contributed by atoms with van der Waals surface area (Å²) in [7, 11) is 0. The molecule has 2 heterocycles. The average molecular weight is 393 g/mol. The molecule has 0 aliphatic rings. The van der Waals surface area contributed by atoms with Crippen molar-refractivity contribution >= 4 is 27.5 Å². The van der Waals surface area contributed by atoms with Crippen LogP contribution in [0.5, 0.6) is 0 Å². The average Bonchev–Trinajstić information content (AvgIpc) is 3.08. The van der Waals surface area contributed by atoms with Crippen molar-refractivity contribution in [3.05, 3.63) is 87.8 Å². The van der Waals surface area contributed by atoms with Crippen molar-refractivity contribution in [3.8, 4) is 16.8 Å². The number of pyridine rings is 1. The van der Waals surface area contributed by atoms with Crippen LogP contribution in [0, 0.1) is 5.82 Å². The van der Waals surface area contributed by atoms with E-state index in [2.05, 4.69) is 0 Å². The van der Waals surface area contributed by atoms with Gasteiger partial charge in [-0.15, -0.1) is 11.3 Å². The SMILES string of the molecule is CCOC(=O)c1sc2c(ccc(=O)n2-c2cccc(F)c2)c1-c1ccccc1. The zero-order valence-electron chi connectivity index (χ0n) is 15.0. The zero-order valence-corrected chi connectivity index (χ0v) is 15.8. The van der Waals surface area contributed by atoms with Gasteiger partial charge in [0.25, 0.3) is 5.56 Å². The minimum atomic E-state index is -0.444. The first-order chi connectivity index (χ1) is 13.6. The third-order valence-corrected chi connectivity index (χ3v) is 5.50. The van der Waals surface area contributed by atoms with Gasteiger partial charge in [-0.25, -0.2) is 9.18 Å². The van der Waals surface area contributed by atoms with Gasteiger partial charge in [0, 0.05) is 17.0 Å². The maximum Gasteiger partial charge on any atom is 0.349 e. The number of aromatic nitrogens is 1. The van der Waals surface area contributed by atoms with Crippen LogP contribution < -0.4 is 5.56 Å². The molecule has 0 bridgehead atoms. The fourth-order valence-electron chi connectivity index (χ4n) is 3.17. The van der Waals surface area contributed by atoms with Crippen LogP contribution in [0.1, 0.15) is 16.6 Å². The largest absolute Gasteiger partial charge is 0.462 e. The Hall–Kier alpha value is -3.25. The predicted octanol–water partition coefficient (Wildman–Crippen LogP) is 5.04. The molecule has 0 fully saturated rings. The molecule has 0 atom stereocenters. The lowest BCUT2D eigenvalue weighted by Crippen LogP contribution is -2.16. The molecule has 28 heavy (non-hydrogen) atoms. The van der Waals surface area contributed by atoms with E-state index in [1.54, 1.807) is 25.1 Å². The molecule has 140 valence electrons. The van der Waals surface area contributed by atoms with Crippen LogP contribution in [0.25, 0.3) is 27.0 Å². The Balaban J connectivity index is 2.08. The molecule has 0 N–H and O–H groups in total. The van der Waals surface area contributed by atoms with Crippen molar-refractivity contribution in [1.82, 2.24) is 4.57 Å². The highest BCUT2D eigenvalue weighted by Gasteiger charge is 2.23. The molecule has 4 nitrogen and oxygen atoms in total. The lowest BCUT2D eigenvalue weighted by molar-refractivity contribution is 0.0533. The van der Waals surface area contributed by atoms with Gasteiger partial charge in [-0.3, -0.25) is 9.36 Å². The molecule has 0 saturated carbocycles.